The average molecular weight is 290 g/mol. The van der Waals surface area contributed by atoms with Crippen molar-refractivity contribution < 1.29 is 4.74 Å². The van der Waals surface area contributed by atoms with Crippen LogP contribution < -0.4 is 11.1 Å². The first-order valence-electron chi connectivity index (χ1n) is 6.24. The van der Waals surface area contributed by atoms with Gasteiger partial charge in [-0.15, -0.1) is 11.3 Å². The molecule has 0 saturated heterocycles. The maximum absolute atomic E-state index is 5.90. The molecule has 5 nitrogen and oxygen atoms in total. The Labute approximate surface area is 122 Å². The molecule has 0 aliphatic rings. The van der Waals surface area contributed by atoms with E-state index in [4.69, 9.17) is 10.5 Å². The van der Waals surface area contributed by atoms with Crippen molar-refractivity contribution in [2.24, 2.45) is 10.7 Å². The smallest absolute Gasteiger partial charge is 0.193 e. The molecule has 0 aliphatic carbocycles. The van der Waals surface area contributed by atoms with E-state index in [-0.39, 0.29) is 0 Å². The Hall–Kier alpha value is -1.92. The first-order chi connectivity index (χ1) is 9.69. The van der Waals surface area contributed by atoms with Gasteiger partial charge >= 0.3 is 0 Å². The summed E-state index contributed by atoms with van der Waals surface area (Å²) in [5.74, 6) is 0.376. The minimum absolute atomic E-state index is 0.376. The van der Waals surface area contributed by atoms with E-state index in [1.165, 1.54) is 0 Å². The zero-order valence-corrected chi connectivity index (χ0v) is 12.4. The molecule has 0 spiro atoms. The average Bonchev–Trinajstić information content (AvgIpc) is 2.85. The summed E-state index contributed by atoms with van der Waals surface area (Å²) in [6.07, 6.45) is 0. The van der Waals surface area contributed by atoms with Crippen LogP contribution in [0.4, 0.5) is 5.69 Å². The molecule has 0 saturated carbocycles. The van der Waals surface area contributed by atoms with E-state index in [0.29, 0.717) is 19.1 Å². The highest BCUT2D eigenvalue weighted by Crippen LogP contribution is 2.15. The van der Waals surface area contributed by atoms with Crippen LogP contribution in [0.2, 0.25) is 0 Å². The number of thiazole rings is 1. The van der Waals surface area contributed by atoms with Crippen molar-refractivity contribution in [3.63, 3.8) is 0 Å². The van der Waals surface area contributed by atoms with Gasteiger partial charge in [0.25, 0.3) is 0 Å². The van der Waals surface area contributed by atoms with E-state index in [1.54, 1.807) is 18.4 Å². The Morgan fingerprint density at radius 3 is 2.95 bits per heavy atom. The number of methoxy groups -OCH3 is 1. The summed E-state index contributed by atoms with van der Waals surface area (Å²) in [6.45, 7) is 2.98. The number of rotatable bonds is 5. The molecule has 0 fully saturated rings. The van der Waals surface area contributed by atoms with E-state index in [9.17, 15) is 0 Å². The standard InChI is InChI=1S/C14H18N4OS/c1-10-9-20-13(17-10)7-16-14(15)18-12-6-4-3-5-11(12)8-19-2/h3-6,9H,7-8H2,1-2H3,(H3,15,16,18). The topological polar surface area (TPSA) is 72.5 Å². The normalized spacial score (nSPS) is 11.6. The van der Waals surface area contributed by atoms with Gasteiger partial charge in [0.2, 0.25) is 0 Å². The number of ether oxygens (including phenoxy) is 1. The Kier molecular flexibility index (Phi) is 5.09. The first kappa shape index (κ1) is 14.5. The summed E-state index contributed by atoms with van der Waals surface area (Å²) in [5.41, 5.74) is 8.86. The monoisotopic (exact) mass is 290 g/mol. The molecule has 106 valence electrons. The van der Waals surface area contributed by atoms with Gasteiger partial charge in [0.05, 0.1) is 13.2 Å². The van der Waals surface area contributed by atoms with E-state index in [2.05, 4.69) is 15.3 Å². The van der Waals surface area contributed by atoms with Crippen molar-refractivity contribution in [1.82, 2.24) is 4.98 Å². The van der Waals surface area contributed by atoms with Crippen LogP contribution in [0.5, 0.6) is 0 Å². The summed E-state index contributed by atoms with van der Waals surface area (Å²) in [6, 6.07) is 7.84. The van der Waals surface area contributed by atoms with Crippen molar-refractivity contribution in [3.8, 4) is 0 Å². The van der Waals surface area contributed by atoms with Crippen LogP contribution >= 0.6 is 11.3 Å². The SMILES string of the molecule is COCc1ccccc1NC(N)=NCc1nc(C)cs1. The summed E-state index contributed by atoms with van der Waals surface area (Å²) >= 11 is 1.59. The molecule has 0 bridgehead atoms. The Morgan fingerprint density at radius 2 is 2.25 bits per heavy atom. The molecule has 0 radical (unpaired) electrons. The molecule has 0 amide bonds. The number of hydrogen-bond acceptors (Lipinski definition) is 4. The Morgan fingerprint density at radius 1 is 1.45 bits per heavy atom. The highest BCUT2D eigenvalue weighted by Gasteiger charge is 2.03. The predicted molar refractivity (Wildman–Crippen MR) is 83.0 cm³/mol. The van der Waals surface area contributed by atoms with Crippen LogP contribution in [0, 0.1) is 6.92 Å². The van der Waals surface area contributed by atoms with Gasteiger partial charge in [-0.05, 0) is 13.0 Å². The number of aromatic nitrogens is 1. The molecule has 2 rings (SSSR count). The van der Waals surface area contributed by atoms with Crippen LogP contribution in [-0.2, 0) is 17.9 Å². The third kappa shape index (κ3) is 4.04. The number of para-hydroxylation sites is 1. The largest absolute Gasteiger partial charge is 0.380 e. The second-order valence-corrected chi connectivity index (χ2v) is 5.24. The zero-order chi connectivity index (χ0) is 14.4. The fourth-order valence-corrected chi connectivity index (χ4v) is 2.42. The lowest BCUT2D eigenvalue weighted by atomic mass is 10.2. The number of aliphatic imine (C=N–C) groups is 1. The predicted octanol–water partition coefficient (Wildman–Crippen LogP) is 2.52. The summed E-state index contributed by atoms with van der Waals surface area (Å²) in [7, 11) is 1.67. The summed E-state index contributed by atoms with van der Waals surface area (Å²) < 4.78 is 5.15. The third-order valence-electron chi connectivity index (χ3n) is 2.63. The highest BCUT2D eigenvalue weighted by molar-refractivity contribution is 7.09. The second kappa shape index (κ2) is 7.02. The number of nitrogens with one attached hydrogen (secondary N) is 1. The molecule has 0 unspecified atom stereocenters. The lowest BCUT2D eigenvalue weighted by molar-refractivity contribution is 0.185. The molecule has 20 heavy (non-hydrogen) atoms. The molecule has 1 aromatic heterocycles. The summed E-state index contributed by atoms with van der Waals surface area (Å²) in [4.78, 5) is 8.64. The molecule has 1 aromatic carbocycles. The van der Waals surface area contributed by atoms with Gasteiger partial charge in [0, 0.05) is 29.4 Å². The van der Waals surface area contributed by atoms with E-state index in [0.717, 1.165) is 22.0 Å². The van der Waals surface area contributed by atoms with E-state index < -0.39 is 0 Å². The molecule has 0 atom stereocenters. The van der Waals surface area contributed by atoms with Crippen LogP contribution in [0.1, 0.15) is 16.3 Å². The van der Waals surface area contributed by atoms with Crippen molar-refractivity contribution in [2.45, 2.75) is 20.1 Å². The van der Waals surface area contributed by atoms with E-state index >= 15 is 0 Å². The van der Waals surface area contributed by atoms with Crippen LogP contribution in [-0.4, -0.2) is 18.1 Å². The van der Waals surface area contributed by atoms with Gasteiger partial charge in [-0.3, -0.25) is 0 Å². The van der Waals surface area contributed by atoms with Gasteiger partial charge in [-0.1, -0.05) is 18.2 Å². The fraction of sp³-hybridized carbons (Fsp3) is 0.286. The van der Waals surface area contributed by atoms with Crippen LogP contribution in [0.25, 0.3) is 0 Å². The molecule has 6 heteroatoms. The number of nitrogens with zero attached hydrogens (tertiary/aromatic N) is 2. The van der Waals surface area contributed by atoms with Crippen LogP contribution in [0.3, 0.4) is 0 Å². The molecular formula is C14H18N4OS. The maximum atomic E-state index is 5.90. The Balaban J connectivity index is 2.01. The van der Waals surface area contributed by atoms with Crippen molar-refractivity contribution in [1.29, 1.82) is 0 Å². The molecule has 0 aliphatic heterocycles. The van der Waals surface area contributed by atoms with Gasteiger partial charge in [0.1, 0.15) is 5.01 Å². The number of benzene rings is 1. The van der Waals surface area contributed by atoms with Gasteiger partial charge < -0.3 is 15.8 Å². The number of aryl methyl sites for hydroxylation is 1. The number of nitrogens with two attached hydrogens (primary N) is 1. The molecular weight excluding hydrogens is 272 g/mol. The number of hydrogen-bond donors (Lipinski definition) is 2. The van der Waals surface area contributed by atoms with Crippen molar-refractivity contribution in [2.75, 3.05) is 12.4 Å². The lowest BCUT2D eigenvalue weighted by Crippen LogP contribution is -2.23. The van der Waals surface area contributed by atoms with E-state index in [1.807, 2.05) is 36.6 Å². The highest BCUT2D eigenvalue weighted by atomic mass is 32.1. The van der Waals surface area contributed by atoms with Crippen molar-refractivity contribution >= 4 is 23.0 Å². The van der Waals surface area contributed by atoms with Gasteiger partial charge in [-0.2, -0.15) is 0 Å². The second-order valence-electron chi connectivity index (χ2n) is 4.30. The minimum atomic E-state index is 0.376. The molecule has 2 aromatic rings. The maximum Gasteiger partial charge on any atom is 0.193 e. The van der Waals surface area contributed by atoms with Crippen LogP contribution in [0.15, 0.2) is 34.6 Å². The number of guanidine groups is 1. The van der Waals surface area contributed by atoms with Crippen molar-refractivity contribution in [3.05, 3.63) is 45.9 Å². The van der Waals surface area contributed by atoms with Gasteiger partial charge in [0.15, 0.2) is 5.96 Å². The quantitative estimate of drug-likeness (QED) is 0.655. The number of anilines is 1. The first-order valence-corrected chi connectivity index (χ1v) is 7.12. The van der Waals surface area contributed by atoms with Gasteiger partial charge in [-0.25, -0.2) is 9.98 Å². The summed E-state index contributed by atoms with van der Waals surface area (Å²) in [5, 5.41) is 6.06. The fourth-order valence-electron chi connectivity index (χ4n) is 1.73. The Bertz CT molecular complexity index is 594. The molecule has 3 N–H and O–H groups in total. The molecule has 1 heterocycles. The third-order valence-corrected chi connectivity index (χ3v) is 3.58. The zero-order valence-electron chi connectivity index (χ0n) is 11.6. The minimum Gasteiger partial charge on any atom is -0.380 e. The lowest BCUT2D eigenvalue weighted by Gasteiger charge is -2.10.